The first-order valence-electron chi connectivity index (χ1n) is 10.6. The van der Waals surface area contributed by atoms with Crippen molar-refractivity contribution in [1.29, 1.82) is 0 Å². The number of benzene rings is 3. The molecule has 0 saturated heterocycles. The topological polar surface area (TPSA) is 92.8 Å². The molecule has 0 amide bonds. The van der Waals surface area contributed by atoms with Gasteiger partial charge < -0.3 is 4.74 Å². The van der Waals surface area contributed by atoms with Crippen molar-refractivity contribution in [3.05, 3.63) is 83.9 Å². The summed E-state index contributed by atoms with van der Waals surface area (Å²) in [5, 5.41) is 0. The van der Waals surface area contributed by atoms with Crippen LogP contribution in [0.4, 0.5) is 11.4 Å². The van der Waals surface area contributed by atoms with Crippen LogP contribution in [0.5, 0.6) is 5.75 Å². The number of aryl methyl sites for hydroxylation is 2. The molecule has 7 nitrogen and oxygen atoms in total. The number of hydrogen-bond donors (Lipinski definition) is 1. The van der Waals surface area contributed by atoms with Crippen molar-refractivity contribution in [2.75, 3.05) is 28.4 Å². The Kier molecular flexibility index (Phi) is 6.62. The predicted octanol–water partition coefficient (Wildman–Crippen LogP) is 3.82. The van der Waals surface area contributed by atoms with E-state index in [9.17, 15) is 16.8 Å². The quantitative estimate of drug-likeness (QED) is 0.523. The zero-order chi connectivity index (χ0) is 23.5. The van der Waals surface area contributed by atoms with Crippen molar-refractivity contribution in [3.8, 4) is 5.75 Å². The summed E-state index contributed by atoms with van der Waals surface area (Å²) in [5.74, 6) is 0.502. The molecule has 0 fully saturated rings. The number of ether oxygens (including phenoxy) is 1. The van der Waals surface area contributed by atoms with E-state index in [-0.39, 0.29) is 10.6 Å². The maximum atomic E-state index is 13.4. The van der Waals surface area contributed by atoms with Crippen molar-refractivity contribution >= 4 is 31.4 Å². The highest BCUT2D eigenvalue weighted by atomic mass is 32.2. The van der Waals surface area contributed by atoms with Crippen LogP contribution in [-0.4, -0.2) is 36.2 Å². The fourth-order valence-corrected chi connectivity index (χ4v) is 6.48. The van der Waals surface area contributed by atoms with Gasteiger partial charge in [0.05, 0.1) is 29.1 Å². The Balaban J connectivity index is 1.57. The van der Waals surface area contributed by atoms with Crippen LogP contribution >= 0.6 is 0 Å². The number of fused-ring (bicyclic) bond motifs is 1. The third-order valence-electron chi connectivity index (χ3n) is 5.58. The molecule has 0 unspecified atom stereocenters. The van der Waals surface area contributed by atoms with Gasteiger partial charge in [0, 0.05) is 6.54 Å². The van der Waals surface area contributed by atoms with Crippen LogP contribution in [0.25, 0.3) is 0 Å². The van der Waals surface area contributed by atoms with Crippen molar-refractivity contribution in [3.63, 3.8) is 0 Å². The number of sulfonamides is 2. The summed E-state index contributed by atoms with van der Waals surface area (Å²) >= 11 is 0. The lowest BCUT2D eigenvalue weighted by atomic mass is 10.0. The van der Waals surface area contributed by atoms with Crippen LogP contribution in [0, 0.1) is 0 Å². The number of nitrogens with one attached hydrogen (secondary N) is 1. The summed E-state index contributed by atoms with van der Waals surface area (Å²) in [5.41, 5.74) is 2.65. The standard InChI is InChI=1S/C24H26N2O5S2/c1-31-22-11-13-23(14-12-22)33(29,30)26-16-5-8-20-9-10-21(18-24(20)26)25-32(27,28)17-15-19-6-3-2-4-7-19/h2-4,6-7,9-14,18,25H,5,8,15-17H2,1H3. The maximum absolute atomic E-state index is 13.4. The van der Waals surface area contributed by atoms with Gasteiger partial charge in [-0.15, -0.1) is 0 Å². The van der Waals surface area contributed by atoms with E-state index in [1.165, 1.54) is 23.5 Å². The average Bonchev–Trinajstić information content (AvgIpc) is 2.83. The molecule has 4 rings (SSSR count). The number of anilines is 2. The van der Waals surface area contributed by atoms with Crippen LogP contribution in [0.2, 0.25) is 0 Å². The van der Waals surface area contributed by atoms with E-state index < -0.39 is 20.0 Å². The summed E-state index contributed by atoms with van der Waals surface area (Å²) in [6.07, 6.45) is 1.80. The van der Waals surface area contributed by atoms with Crippen molar-refractivity contribution in [2.45, 2.75) is 24.2 Å². The minimum Gasteiger partial charge on any atom is -0.497 e. The van der Waals surface area contributed by atoms with E-state index >= 15 is 0 Å². The third kappa shape index (κ3) is 5.31. The minimum absolute atomic E-state index is 0.0675. The Morgan fingerprint density at radius 2 is 1.67 bits per heavy atom. The molecule has 0 aromatic heterocycles. The zero-order valence-corrected chi connectivity index (χ0v) is 19.9. The molecule has 33 heavy (non-hydrogen) atoms. The van der Waals surface area contributed by atoms with E-state index in [0.29, 0.717) is 36.5 Å². The molecule has 0 radical (unpaired) electrons. The number of methoxy groups -OCH3 is 1. The normalized spacial score (nSPS) is 13.9. The van der Waals surface area contributed by atoms with Gasteiger partial charge in [0.2, 0.25) is 10.0 Å². The van der Waals surface area contributed by atoms with E-state index in [2.05, 4.69) is 4.72 Å². The van der Waals surface area contributed by atoms with Crippen LogP contribution < -0.4 is 13.8 Å². The molecule has 0 spiro atoms. The molecule has 1 aliphatic heterocycles. The monoisotopic (exact) mass is 486 g/mol. The van der Waals surface area contributed by atoms with Gasteiger partial charge in [-0.2, -0.15) is 0 Å². The first-order valence-corrected chi connectivity index (χ1v) is 13.7. The summed E-state index contributed by atoms with van der Waals surface area (Å²) in [6.45, 7) is 0.325. The second kappa shape index (κ2) is 9.44. The SMILES string of the molecule is COc1ccc(S(=O)(=O)N2CCCc3ccc(NS(=O)(=O)CCc4ccccc4)cc32)cc1. The van der Waals surface area contributed by atoms with E-state index in [1.54, 1.807) is 30.3 Å². The number of rotatable bonds is 8. The fourth-order valence-electron chi connectivity index (χ4n) is 3.86. The van der Waals surface area contributed by atoms with Crippen LogP contribution in [0.15, 0.2) is 77.7 Å². The minimum atomic E-state index is -3.81. The molecule has 1 aliphatic rings. The van der Waals surface area contributed by atoms with Gasteiger partial charge >= 0.3 is 0 Å². The second-order valence-corrected chi connectivity index (χ2v) is 11.6. The highest BCUT2D eigenvalue weighted by molar-refractivity contribution is 7.93. The molecule has 3 aromatic rings. The summed E-state index contributed by atoms with van der Waals surface area (Å²) in [7, 11) is -5.89. The van der Waals surface area contributed by atoms with Gasteiger partial charge in [0.15, 0.2) is 0 Å². The smallest absolute Gasteiger partial charge is 0.264 e. The largest absolute Gasteiger partial charge is 0.497 e. The van der Waals surface area contributed by atoms with Gasteiger partial charge in [0.25, 0.3) is 10.0 Å². The molecule has 1 heterocycles. The van der Waals surface area contributed by atoms with Gasteiger partial charge in [0.1, 0.15) is 5.75 Å². The Labute approximate surface area is 195 Å². The Bertz CT molecular complexity index is 1320. The van der Waals surface area contributed by atoms with Crippen LogP contribution in [0.1, 0.15) is 17.5 Å². The number of nitrogens with zero attached hydrogens (tertiary/aromatic N) is 1. The highest BCUT2D eigenvalue weighted by Gasteiger charge is 2.29. The molecule has 3 aromatic carbocycles. The Morgan fingerprint density at radius 1 is 0.939 bits per heavy atom. The lowest BCUT2D eigenvalue weighted by Gasteiger charge is -2.31. The Hall–Kier alpha value is -3.04. The molecule has 0 aliphatic carbocycles. The van der Waals surface area contributed by atoms with Crippen molar-refractivity contribution < 1.29 is 21.6 Å². The molecular weight excluding hydrogens is 460 g/mol. The van der Waals surface area contributed by atoms with Gasteiger partial charge in [-0.1, -0.05) is 36.4 Å². The fraction of sp³-hybridized carbons (Fsp3) is 0.250. The molecule has 1 N–H and O–H groups in total. The second-order valence-electron chi connectivity index (χ2n) is 7.86. The molecule has 0 saturated carbocycles. The first kappa shape index (κ1) is 23.1. The van der Waals surface area contributed by atoms with Crippen LogP contribution in [-0.2, 0) is 32.9 Å². The molecule has 174 valence electrons. The Morgan fingerprint density at radius 3 is 2.36 bits per heavy atom. The maximum Gasteiger partial charge on any atom is 0.264 e. The molecule has 0 bridgehead atoms. The summed E-state index contributed by atoms with van der Waals surface area (Å²) in [6, 6.07) is 20.7. The van der Waals surface area contributed by atoms with Crippen LogP contribution in [0.3, 0.4) is 0 Å². The van der Waals surface area contributed by atoms with E-state index in [1.807, 2.05) is 30.3 Å². The van der Waals surface area contributed by atoms with Crippen molar-refractivity contribution in [2.24, 2.45) is 0 Å². The lowest BCUT2D eigenvalue weighted by Crippen LogP contribution is -2.35. The van der Waals surface area contributed by atoms with Crippen molar-refractivity contribution in [1.82, 2.24) is 0 Å². The average molecular weight is 487 g/mol. The highest BCUT2D eigenvalue weighted by Crippen LogP contribution is 2.34. The van der Waals surface area contributed by atoms with Gasteiger partial charge in [-0.05, 0) is 66.8 Å². The van der Waals surface area contributed by atoms with Gasteiger partial charge in [-0.25, -0.2) is 16.8 Å². The number of hydrogen-bond acceptors (Lipinski definition) is 5. The molecule has 9 heteroatoms. The molecular formula is C24H26N2O5S2. The van der Waals surface area contributed by atoms with E-state index in [4.69, 9.17) is 4.74 Å². The van der Waals surface area contributed by atoms with Gasteiger partial charge in [-0.3, -0.25) is 9.03 Å². The third-order valence-corrected chi connectivity index (χ3v) is 8.70. The summed E-state index contributed by atoms with van der Waals surface area (Å²) in [4.78, 5) is 0.157. The lowest BCUT2D eigenvalue weighted by molar-refractivity contribution is 0.414. The first-order chi connectivity index (χ1) is 15.8. The molecule has 0 atom stereocenters. The van der Waals surface area contributed by atoms with E-state index in [0.717, 1.165) is 17.5 Å². The zero-order valence-electron chi connectivity index (χ0n) is 18.3. The summed E-state index contributed by atoms with van der Waals surface area (Å²) < 4.78 is 61.1. The predicted molar refractivity (Wildman–Crippen MR) is 130 cm³/mol.